The first kappa shape index (κ1) is 14.8. The zero-order valence-electron chi connectivity index (χ0n) is 13.0. The minimum absolute atomic E-state index is 0.116. The maximum absolute atomic E-state index is 12.6. The quantitative estimate of drug-likeness (QED) is 0.580. The molecule has 0 spiro atoms. The highest BCUT2D eigenvalue weighted by molar-refractivity contribution is 6.04. The van der Waals surface area contributed by atoms with Crippen molar-refractivity contribution in [2.45, 2.75) is 6.92 Å². The molecule has 0 aliphatic rings. The van der Waals surface area contributed by atoms with Gasteiger partial charge < -0.3 is 10.1 Å². The van der Waals surface area contributed by atoms with E-state index in [1.165, 1.54) is 0 Å². The van der Waals surface area contributed by atoms with Crippen molar-refractivity contribution in [2.24, 2.45) is 0 Å². The highest BCUT2D eigenvalue weighted by Gasteiger charge is 2.17. The molecule has 10 heteroatoms. The van der Waals surface area contributed by atoms with Crippen molar-refractivity contribution in [3.63, 3.8) is 0 Å². The molecule has 0 bridgehead atoms. The molecule has 25 heavy (non-hydrogen) atoms. The summed E-state index contributed by atoms with van der Waals surface area (Å²) in [4.78, 5) is 21.0. The van der Waals surface area contributed by atoms with E-state index in [4.69, 9.17) is 4.74 Å². The number of nitrogens with zero attached hydrogens (tertiary/aromatic N) is 6. The molecule has 0 atom stereocenters. The number of aromatic amines is 1. The van der Waals surface area contributed by atoms with E-state index in [1.807, 2.05) is 0 Å². The van der Waals surface area contributed by atoms with E-state index >= 15 is 0 Å². The van der Waals surface area contributed by atoms with E-state index in [0.717, 1.165) is 0 Å². The number of anilines is 1. The van der Waals surface area contributed by atoms with Gasteiger partial charge in [-0.25, -0.2) is 9.97 Å². The van der Waals surface area contributed by atoms with Gasteiger partial charge >= 0.3 is 6.01 Å². The molecule has 0 saturated heterocycles. The van der Waals surface area contributed by atoms with Crippen LogP contribution in [0.4, 0.5) is 5.69 Å². The van der Waals surface area contributed by atoms with Gasteiger partial charge in [-0.15, -0.1) is 0 Å². The average Bonchev–Trinajstić information content (AvgIpc) is 3.23. The van der Waals surface area contributed by atoms with Crippen LogP contribution in [-0.2, 0) is 0 Å². The molecule has 0 unspecified atom stereocenters. The highest BCUT2D eigenvalue weighted by atomic mass is 16.5. The minimum atomic E-state index is -0.273. The van der Waals surface area contributed by atoms with Gasteiger partial charge in [-0.05, 0) is 42.5 Å². The zero-order chi connectivity index (χ0) is 17.2. The molecule has 1 amide bonds. The van der Waals surface area contributed by atoms with Crippen molar-refractivity contribution in [2.75, 3.05) is 5.32 Å². The summed E-state index contributed by atoms with van der Waals surface area (Å²) in [5, 5.41) is 15.9. The number of aromatic nitrogens is 7. The first-order valence-corrected chi connectivity index (χ1v) is 7.33. The number of aryl methyl sites for hydroxylation is 1. The van der Waals surface area contributed by atoms with Gasteiger partial charge in [0.15, 0.2) is 0 Å². The van der Waals surface area contributed by atoms with Crippen LogP contribution in [0, 0.1) is 6.92 Å². The fourth-order valence-corrected chi connectivity index (χ4v) is 2.37. The predicted molar refractivity (Wildman–Crippen MR) is 86.4 cm³/mol. The van der Waals surface area contributed by atoms with Gasteiger partial charge in [-0.1, -0.05) is 10.2 Å². The number of amides is 1. The van der Waals surface area contributed by atoms with E-state index in [9.17, 15) is 4.79 Å². The Morgan fingerprint density at radius 3 is 2.88 bits per heavy atom. The number of rotatable bonds is 4. The number of imidazole rings is 1. The molecule has 0 fully saturated rings. The average molecular weight is 336 g/mol. The molecule has 4 aromatic rings. The van der Waals surface area contributed by atoms with Crippen molar-refractivity contribution < 1.29 is 9.53 Å². The second kappa shape index (κ2) is 6.00. The van der Waals surface area contributed by atoms with Crippen LogP contribution < -0.4 is 10.1 Å². The summed E-state index contributed by atoms with van der Waals surface area (Å²) in [5.74, 6) is 0.730. The van der Waals surface area contributed by atoms with Crippen LogP contribution in [-0.4, -0.2) is 40.9 Å². The second-order valence-corrected chi connectivity index (χ2v) is 5.11. The lowest BCUT2D eigenvalue weighted by Gasteiger charge is -2.07. The molecule has 4 rings (SSSR count). The molecule has 0 aliphatic heterocycles. The summed E-state index contributed by atoms with van der Waals surface area (Å²) in [5.41, 5.74) is 1.66. The maximum atomic E-state index is 12.6. The number of H-pyrrole nitrogens is 1. The molecule has 124 valence electrons. The molecule has 0 aliphatic carbocycles. The van der Waals surface area contributed by atoms with Crippen molar-refractivity contribution >= 4 is 17.4 Å². The first-order chi connectivity index (χ1) is 12.2. The van der Waals surface area contributed by atoms with E-state index in [0.29, 0.717) is 28.6 Å². The maximum Gasteiger partial charge on any atom is 0.361 e. The number of hydrogen-bond acceptors (Lipinski definition) is 7. The van der Waals surface area contributed by atoms with E-state index in [-0.39, 0.29) is 11.9 Å². The third-order valence-corrected chi connectivity index (χ3v) is 3.44. The molecule has 1 aromatic carbocycles. The molecule has 0 saturated carbocycles. The highest BCUT2D eigenvalue weighted by Crippen LogP contribution is 2.20. The Balaban J connectivity index is 1.53. The van der Waals surface area contributed by atoms with E-state index in [2.05, 4.69) is 35.9 Å². The van der Waals surface area contributed by atoms with Crippen LogP contribution in [0.25, 0.3) is 5.78 Å². The summed E-state index contributed by atoms with van der Waals surface area (Å²) in [7, 11) is 0. The lowest BCUT2D eigenvalue weighted by molar-refractivity contribution is 0.102. The van der Waals surface area contributed by atoms with Crippen LogP contribution in [0.2, 0.25) is 0 Å². The number of carbonyl (C=O) groups is 1. The van der Waals surface area contributed by atoms with Gasteiger partial charge in [0.2, 0.25) is 5.78 Å². The third kappa shape index (κ3) is 2.87. The Kier molecular flexibility index (Phi) is 3.54. The monoisotopic (exact) mass is 336 g/mol. The Bertz CT molecular complexity index is 1020. The summed E-state index contributed by atoms with van der Waals surface area (Å²) >= 11 is 0. The third-order valence-electron chi connectivity index (χ3n) is 3.44. The number of ether oxygens (including phenoxy) is 1. The van der Waals surface area contributed by atoms with Crippen LogP contribution in [0.1, 0.15) is 16.2 Å². The lowest BCUT2D eigenvalue weighted by Crippen LogP contribution is -2.15. The van der Waals surface area contributed by atoms with E-state index < -0.39 is 0 Å². The van der Waals surface area contributed by atoms with Crippen molar-refractivity contribution in [1.29, 1.82) is 0 Å². The van der Waals surface area contributed by atoms with Gasteiger partial charge in [0, 0.05) is 18.1 Å². The summed E-state index contributed by atoms with van der Waals surface area (Å²) in [6.07, 6.45) is 3.38. The number of benzene rings is 1. The number of carbonyl (C=O) groups excluding carboxylic acids is 1. The number of nitrogens with one attached hydrogen (secondary N) is 2. The Morgan fingerprint density at radius 1 is 1.28 bits per heavy atom. The fraction of sp³-hybridized carbons (Fsp3) is 0.0667. The molecule has 10 nitrogen and oxygen atoms in total. The SMILES string of the molecule is Cc1nc2ncccn2c1C(=O)Nc1ccc(Oc2nn[nH]n2)cc1. The number of tetrazole rings is 1. The standard InChI is InChI=1S/C15H12N8O2/c1-9-12(23-8-2-7-16-14(23)17-9)13(24)18-10-3-5-11(6-4-10)25-15-19-21-22-20-15/h2-8H,1H3,(H,18,24)(H,19,20,21,22). The van der Waals surface area contributed by atoms with Crippen LogP contribution in [0.3, 0.4) is 0 Å². The lowest BCUT2D eigenvalue weighted by atomic mass is 10.2. The number of fused-ring (bicyclic) bond motifs is 1. The molecule has 0 radical (unpaired) electrons. The van der Waals surface area contributed by atoms with Crippen LogP contribution in [0.15, 0.2) is 42.7 Å². The van der Waals surface area contributed by atoms with E-state index in [1.54, 1.807) is 54.0 Å². The first-order valence-electron chi connectivity index (χ1n) is 7.33. The van der Waals surface area contributed by atoms with Gasteiger partial charge in [-0.3, -0.25) is 9.20 Å². The largest absolute Gasteiger partial charge is 0.422 e. The normalized spacial score (nSPS) is 10.8. The smallest absolute Gasteiger partial charge is 0.361 e. The zero-order valence-corrected chi connectivity index (χ0v) is 13.0. The fourth-order valence-electron chi connectivity index (χ4n) is 2.37. The van der Waals surface area contributed by atoms with Gasteiger partial charge in [0.25, 0.3) is 5.91 Å². The van der Waals surface area contributed by atoms with Crippen molar-refractivity contribution in [3.8, 4) is 11.8 Å². The second-order valence-electron chi connectivity index (χ2n) is 5.11. The molecular formula is C15H12N8O2. The Morgan fingerprint density at radius 2 is 2.12 bits per heavy atom. The van der Waals surface area contributed by atoms with Gasteiger partial charge in [0.05, 0.1) is 5.69 Å². The Hall–Kier alpha value is -3.82. The minimum Gasteiger partial charge on any atom is -0.422 e. The molecule has 2 N–H and O–H groups in total. The molecule has 3 aromatic heterocycles. The topological polar surface area (TPSA) is 123 Å². The van der Waals surface area contributed by atoms with Gasteiger partial charge in [0.1, 0.15) is 11.4 Å². The summed E-state index contributed by atoms with van der Waals surface area (Å²) in [6, 6.07) is 8.66. The number of hydrogen-bond donors (Lipinski definition) is 2. The predicted octanol–water partition coefficient (Wildman–Crippen LogP) is 1.60. The van der Waals surface area contributed by atoms with Gasteiger partial charge in [-0.2, -0.15) is 5.21 Å². The Labute approximate surface area is 140 Å². The molecule has 3 heterocycles. The van der Waals surface area contributed by atoms with Crippen LogP contribution in [0.5, 0.6) is 11.8 Å². The summed E-state index contributed by atoms with van der Waals surface area (Å²) in [6.45, 7) is 1.77. The van der Waals surface area contributed by atoms with Crippen LogP contribution >= 0.6 is 0 Å². The van der Waals surface area contributed by atoms with Crippen molar-refractivity contribution in [3.05, 3.63) is 54.1 Å². The van der Waals surface area contributed by atoms with Crippen molar-refractivity contribution in [1.82, 2.24) is 35.0 Å². The summed E-state index contributed by atoms with van der Waals surface area (Å²) < 4.78 is 7.03. The molecular weight excluding hydrogens is 324 g/mol.